The van der Waals surface area contributed by atoms with Gasteiger partial charge in [-0.1, -0.05) is 20.8 Å². The van der Waals surface area contributed by atoms with Crippen LogP contribution < -0.4 is 5.32 Å². The molecule has 0 bridgehead atoms. The summed E-state index contributed by atoms with van der Waals surface area (Å²) in [6, 6.07) is 4.01. The average Bonchev–Trinajstić information content (AvgIpc) is 2.40. The number of aromatic nitrogens is 1. The van der Waals surface area contributed by atoms with E-state index in [-0.39, 0.29) is 0 Å². The van der Waals surface area contributed by atoms with Gasteiger partial charge in [0.05, 0.1) is 19.8 Å². The van der Waals surface area contributed by atoms with Crippen LogP contribution in [0.15, 0.2) is 18.3 Å². The molecule has 0 saturated heterocycles. The third-order valence-electron chi connectivity index (χ3n) is 2.47. The number of rotatable bonds is 10. The lowest BCUT2D eigenvalue weighted by Gasteiger charge is -2.09. The largest absolute Gasteiger partial charge is 0.379 e. The van der Waals surface area contributed by atoms with E-state index in [9.17, 15) is 0 Å². The molecule has 0 unspecified atom stereocenters. The molecule has 0 spiro atoms. The van der Waals surface area contributed by atoms with Crippen molar-refractivity contribution in [2.45, 2.75) is 33.8 Å². The quantitative estimate of drug-likeness (QED) is 0.661. The molecule has 0 atom stereocenters. The Hall–Kier alpha value is -1.13. The van der Waals surface area contributed by atoms with E-state index in [1.54, 1.807) is 0 Å². The summed E-state index contributed by atoms with van der Waals surface area (Å²) in [5, 5.41) is 3.27. The van der Waals surface area contributed by atoms with Gasteiger partial charge in [-0.25, -0.2) is 4.98 Å². The Morgan fingerprint density at radius 2 is 2.05 bits per heavy atom. The second kappa shape index (κ2) is 9.75. The van der Waals surface area contributed by atoms with E-state index in [0.717, 1.165) is 31.0 Å². The van der Waals surface area contributed by atoms with Gasteiger partial charge in [-0.3, -0.25) is 0 Å². The molecule has 0 aliphatic rings. The summed E-state index contributed by atoms with van der Waals surface area (Å²) >= 11 is 0. The average molecular weight is 266 g/mol. The summed E-state index contributed by atoms with van der Waals surface area (Å²) in [4.78, 5) is 4.26. The van der Waals surface area contributed by atoms with E-state index in [2.05, 4.69) is 31.1 Å². The SMILES string of the molecule is CCCNc1cc(COCCOCC(C)C)ccn1. The molecule has 1 heterocycles. The fourth-order valence-electron chi connectivity index (χ4n) is 1.54. The summed E-state index contributed by atoms with van der Waals surface area (Å²) in [6.45, 7) is 10.1. The number of pyridine rings is 1. The minimum absolute atomic E-state index is 0.576. The molecule has 4 nitrogen and oxygen atoms in total. The first-order valence-electron chi connectivity index (χ1n) is 7.06. The monoisotopic (exact) mass is 266 g/mol. The first-order valence-corrected chi connectivity index (χ1v) is 7.06. The molecule has 108 valence electrons. The fraction of sp³-hybridized carbons (Fsp3) is 0.667. The maximum atomic E-state index is 5.58. The van der Waals surface area contributed by atoms with Crippen LogP contribution in [0.5, 0.6) is 0 Å². The topological polar surface area (TPSA) is 43.4 Å². The van der Waals surface area contributed by atoms with Crippen LogP contribution in [0.3, 0.4) is 0 Å². The summed E-state index contributed by atoms with van der Waals surface area (Å²) in [7, 11) is 0. The van der Waals surface area contributed by atoms with Crippen molar-refractivity contribution in [3.8, 4) is 0 Å². The van der Waals surface area contributed by atoms with Gasteiger partial charge in [0.25, 0.3) is 0 Å². The fourth-order valence-corrected chi connectivity index (χ4v) is 1.54. The number of ether oxygens (including phenoxy) is 2. The Bertz CT molecular complexity index is 343. The van der Waals surface area contributed by atoms with Gasteiger partial charge in [0.15, 0.2) is 0 Å². The summed E-state index contributed by atoms with van der Waals surface area (Å²) in [5.41, 5.74) is 1.14. The number of anilines is 1. The van der Waals surface area contributed by atoms with E-state index in [1.807, 2.05) is 18.3 Å². The highest BCUT2D eigenvalue weighted by molar-refractivity contribution is 5.37. The third kappa shape index (κ3) is 7.80. The van der Waals surface area contributed by atoms with Crippen LogP contribution >= 0.6 is 0 Å². The molecular weight excluding hydrogens is 240 g/mol. The molecule has 0 aliphatic heterocycles. The number of hydrogen-bond acceptors (Lipinski definition) is 4. The molecule has 0 radical (unpaired) electrons. The summed E-state index contributed by atoms with van der Waals surface area (Å²) in [6.07, 6.45) is 2.90. The van der Waals surface area contributed by atoms with Crippen molar-refractivity contribution in [1.29, 1.82) is 0 Å². The predicted molar refractivity (Wildman–Crippen MR) is 78.3 cm³/mol. The van der Waals surface area contributed by atoms with Crippen LogP contribution in [0.4, 0.5) is 5.82 Å². The number of nitrogens with one attached hydrogen (secondary N) is 1. The van der Waals surface area contributed by atoms with Gasteiger partial charge in [-0.05, 0) is 30.0 Å². The molecule has 0 saturated carbocycles. The van der Waals surface area contributed by atoms with Crippen LogP contribution in [0, 0.1) is 5.92 Å². The number of nitrogens with zero attached hydrogens (tertiary/aromatic N) is 1. The van der Waals surface area contributed by atoms with Crippen molar-refractivity contribution < 1.29 is 9.47 Å². The van der Waals surface area contributed by atoms with E-state index in [4.69, 9.17) is 9.47 Å². The van der Waals surface area contributed by atoms with Crippen molar-refractivity contribution in [2.75, 3.05) is 31.7 Å². The Morgan fingerprint density at radius 1 is 1.26 bits per heavy atom. The Balaban J connectivity index is 2.18. The highest BCUT2D eigenvalue weighted by Gasteiger charge is 1.98. The van der Waals surface area contributed by atoms with Crippen molar-refractivity contribution in [3.05, 3.63) is 23.9 Å². The van der Waals surface area contributed by atoms with Gasteiger partial charge < -0.3 is 14.8 Å². The lowest BCUT2D eigenvalue weighted by atomic mass is 10.2. The number of hydrogen-bond donors (Lipinski definition) is 1. The minimum atomic E-state index is 0.576. The lowest BCUT2D eigenvalue weighted by molar-refractivity contribution is 0.0314. The van der Waals surface area contributed by atoms with E-state index in [0.29, 0.717) is 25.7 Å². The summed E-state index contributed by atoms with van der Waals surface area (Å²) < 4.78 is 11.0. The van der Waals surface area contributed by atoms with Crippen LogP contribution in [-0.2, 0) is 16.1 Å². The van der Waals surface area contributed by atoms with Crippen molar-refractivity contribution in [3.63, 3.8) is 0 Å². The smallest absolute Gasteiger partial charge is 0.126 e. The summed E-state index contributed by atoms with van der Waals surface area (Å²) in [5.74, 6) is 1.49. The zero-order chi connectivity index (χ0) is 13.9. The van der Waals surface area contributed by atoms with Gasteiger partial charge in [0.2, 0.25) is 0 Å². The molecule has 0 amide bonds. The maximum Gasteiger partial charge on any atom is 0.126 e. The molecule has 1 N–H and O–H groups in total. The van der Waals surface area contributed by atoms with Crippen LogP contribution in [0.2, 0.25) is 0 Å². The van der Waals surface area contributed by atoms with Crippen molar-refractivity contribution in [2.24, 2.45) is 5.92 Å². The molecule has 1 aromatic rings. The molecule has 1 aromatic heterocycles. The van der Waals surface area contributed by atoms with E-state index >= 15 is 0 Å². The predicted octanol–water partition coefficient (Wildman–Crippen LogP) is 3.09. The molecule has 1 rings (SSSR count). The zero-order valence-electron chi connectivity index (χ0n) is 12.3. The molecule has 0 fully saturated rings. The highest BCUT2D eigenvalue weighted by atomic mass is 16.5. The van der Waals surface area contributed by atoms with Gasteiger partial charge in [-0.2, -0.15) is 0 Å². The second-order valence-corrected chi connectivity index (χ2v) is 5.00. The van der Waals surface area contributed by atoms with Gasteiger partial charge in [0.1, 0.15) is 5.82 Å². The molecule has 4 heteroatoms. The molecular formula is C15H26N2O2. The van der Waals surface area contributed by atoms with Crippen LogP contribution in [0.25, 0.3) is 0 Å². The zero-order valence-corrected chi connectivity index (χ0v) is 12.3. The van der Waals surface area contributed by atoms with Gasteiger partial charge in [0, 0.05) is 19.3 Å². The Labute approximate surface area is 116 Å². The normalized spacial score (nSPS) is 10.9. The first-order chi connectivity index (χ1) is 9.22. The standard InChI is InChI=1S/C15H26N2O2/c1-4-6-16-15-10-14(5-7-17-15)12-19-9-8-18-11-13(2)3/h5,7,10,13H,4,6,8-9,11-12H2,1-3H3,(H,16,17). The second-order valence-electron chi connectivity index (χ2n) is 5.00. The van der Waals surface area contributed by atoms with Gasteiger partial charge in [-0.15, -0.1) is 0 Å². The third-order valence-corrected chi connectivity index (χ3v) is 2.47. The van der Waals surface area contributed by atoms with Crippen LogP contribution in [0.1, 0.15) is 32.8 Å². The Kier molecular flexibility index (Phi) is 8.18. The van der Waals surface area contributed by atoms with E-state index < -0.39 is 0 Å². The highest BCUT2D eigenvalue weighted by Crippen LogP contribution is 2.08. The van der Waals surface area contributed by atoms with Gasteiger partial charge >= 0.3 is 0 Å². The maximum absolute atomic E-state index is 5.58. The molecule has 0 aromatic carbocycles. The molecule has 19 heavy (non-hydrogen) atoms. The van der Waals surface area contributed by atoms with Crippen LogP contribution in [-0.4, -0.2) is 31.3 Å². The van der Waals surface area contributed by atoms with E-state index in [1.165, 1.54) is 0 Å². The van der Waals surface area contributed by atoms with Crippen molar-refractivity contribution >= 4 is 5.82 Å². The lowest BCUT2D eigenvalue weighted by Crippen LogP contribution is -2.08. The molecule has 0 aliphatic carbocycles. The first kappa shape index (κ1) is 15.9. The van der Waals surface area contributed by atoms with Crippen molar-refractivity contribution in [1.82, 2.24) is 4.98 Å². The Morgan fingerprint density at radius 3 is 2.79 bits per heavy atom. The minimum Gasteiger partial charge on any atom is -0.379 e.